The SMILES string of the molecule is COC[C@@H](OC)OC(=O)c1ccc(OC)cc1. The van der Waals surface area contributed by atoms with Crippen molar-refractivity contribution in [2.45, 2.75) is 6.29 Å². The number of benzene rings is 1. The summed E-state index contributed by atoms with van der Waals surface area (Å²) >= 11 is 0. The third-order valence-electron chi connectivity index (χ3n) is 2.13. The van der Waals surface area contributed by atoms with Gasteiger partial charge in [0.2, 0.25) is 6.29 Å². The van der Waals surface area contributed by atoms with Crippen LogP contribution in [0.25, 0.3) is 0 Å². The molecule has 0 spiro atoms. The predicted molar refractivity (Wildman–Crippen MR) is 61.1 cm³/mol. The molecule has 0 bridgehead atoms. The maximum Gasteiger partial charge on any atom is 0.340 e. The largest absolute Gasteiger partial charge is 0.497 e. The van der Waals surface area contributed by atoms with Gasteiger partial charge in [-0.15, -0.1) is 0 Å². The minimum absolute atomic E-state index is 0.193. The van der Waals surface area contributed by atoms with Crippen LogP contribution in [0.5, 0.6) is 5.75 Å². The van der Waals surface area contributed by atoms with Crippen molar-refractivity contribution < 1.29 is 23.7 Å². The maximum atomic E-state index is 11.7. The van der Waals surface area contributed by atoms with Gasteiger partial charge in [0.15, 0.2) is 0 Å². The van der Waals surface area contributed by atoms with Crippen LogP contribution in [0.15, 0.2) is 24.3 Å². The fourth-order valence-corrected chi connectivity index (χ4v) is 1.20. The predicted octanol–water partition coefficient (Wildman–Crippen LogP) is 1.47. The van der Waals surface area contributed by atoms with Gasteiger partial charge in [0.05, 0.1) is 12.7 Å². The number of carbonyl (C=O) groups excluding carboxylic acids is 1. The molecule has 1 aromatic rings. The van der Waals surface area contributed by atoms with Crippen LogP contribution >= 0.6 is 0 Å². The van der Waals surface area contributed by atoms with Crippen LogP contribution in [0.4, 0.5) is 0 Å². The van der Waals surface area contributed by atoms with Crippen LogP contribution in [0.2, 0.25) is 0 Å². The second-order valence-corrected chi connectivity index (χ2v) is 3.25. The van der Waals surface area contributed by atoms with E-state index in [1.54, 1.807) is 31.4 Å². The molecule has 17 heavy (non-hydrogen) atoms. The fraction of sp³-hybridized carbons (Fsp3) is 0.417. The van der Waals surface area contributed by atoms with Crippen LogP contribution < -0.4 is 4.74 Å². The maximum absolute atomic E-state index is 11.7. The van der Waals surface area contributed by atoms with Gasteiger partial charge in [0.25, 0.3) is 0 Å². The number of esters is 1. The Balaban J connectivity index is 2.62. The van der Waals surface area contributed by atoms with Crippen molar-refractivity contribution in [3.8, 4) is 5.75 Å². The summed E-state index contributed by atoms with van der Waals surface area (Å²) in [6.07, 6.45) is -0.699. The summed E-state index contributed by atoms with van der Waals surface area (Å²) in [4.78, 5) is 11.7. The summed E-state index contributed by atoms with van der Waals surface area (Å²) in [6, 6.07) is 6.63. The summed E-state index contributed by atoms with van der Waals surface area (Å²) < 4.78 is 19.8. The zero-order valence-corrected chi connectivity index (χ0v) is 10.1. The first-order valence-electron chi connectivity index (χ1n) is 5.08. The average Bonchev–Trinajstić information content (AvgIpc) is 2.38. The molecule has 0 heterocycles. The Morgan fingerprint density at radius 3 is 2.29 bits per heavy atom. The second kappa shape index (κ2) is 6.88. The third kappa shape index (κ3) is 4.05. The monoisotopic (exact) mass is 240 g/mol. The quantitative estimate of drug-likeness (QED) is 0.556. The lowest BCUT2D eigenvalue weighted by Gasteiger charge is -2.15. The van der Waals surface area contributed by atoms with Crippen LogP contribution in [0.1, 0.15) is 10.4 Å². The molecule has 0 fully saturated rings. The normalized spacial score (nSPS) is 11.9. The van der Waals surface area contributed by atoms with Crippen molar-refractivity contribution in [2.75, 3.05) is 27.9 Å². The first kappa shape index (κ1) is 13.5. The highest BCUT2D eigenvalue weighted by Gasteiger charge is 2.14. The average molecular weight is 240 g/mol. The Bertz CT molecular complexity index is 346. The van der Waals surface area contributed by atoms with Crippen LogP contribution in [0.3, 0.4) is 0 Å². The topological polar surface area (TPSA) is 54.0 Å². The Kier molecular flexibility index (Phi) is 5.45. The van der Waals surface area contributed by atoms with Gasteiger partial charge in [-0.05, 0) is 24.3 Å². The van der Waals surface area contributed by atoms with E-state index in [0.717, 1.165) is 0 Å². The van der Waals surface area contributed by atoms with Gasteiger partial charge in [-0.3, -0.25) is 0 Å². The van der Waals surface area contributed by atoms with Crippen molar-refractivity contribution in [3.63, 3.8) is 0 Å². The lowest BCUT2D eigenvalue weighted by Crippen LogP contribution is -2.24. The lowest BCUT2D eigenvalue weighted by molar-refractivity contribution is -0.120. The Hall–Kier alpha value is -1.59. The van der Waals surface area contributed by atoms with Crippen molar-refractivity contribution in [1.82, 2.24) is 0 Å². The zero-order valence-electron chi connectivity index (χ0n) is 10.1. The molecule has 1 aromatic carbocycles. The van der Waals surface area contributed by atoms with E-state index in [9.17, 15) is 4.79 Å². The smallest absolute Gasteiger partial charge is 0.340 e. The van der Waals surface area contributed by atoms with E-state index in [1.165, 1.54) is 14.2 Å². The second-order valence-electron chi connectivity index (χ2n) is 3.25. The fourth-order valence-electron chi connectivity index (χ4n) is 1.20. The van der Waals surface area contributed by atoms with Gasteiger partial charge in [-0.2, -0.15) is 0 Å². The number of methoxy groups -OCH3 is 3. The number of ether oxygens (including phenoxy) is 4. The molecule has 94 valence electrons. The van der Waals surface area contributed by atoms with Gasteiger partial charge < -0.3 is 18.9 Å². The summed E-state index contributed by atoms with van der Waals surface area (Å²) in [5.74, 6) is 0.221. The molecule has 0 saturated heterocycles. The van der Waals surface area contributed by atoms with Crippen LogP contribution in [-0.2, 0) is 14.2 Å². The molecule has 5 nitrogen and oxygen atoms in total. The molecule has 0 aliphatic carbocycles. The highest BCUT2D eigenvalue weighted by Crippen LogP contribution is 2.12. The molecule has 1 rings (SSSR count). The molecule has 0 aromatic heterocycles. The van der Waals surface area contributed by atoms with E-state index in [2.05, 4.69) is 0 Å². The molecule has 0 aliphatic heterocycles. The third-order valence-corrected chi connectivity index (χ3v) is 2.13. The van der Waals surface area contributed by atoms with E-state index in [0.29, 0.717) is 11.3 Å². The molecule has 0 aliphatic rings. The van der Waals surface area contributed by atoms with Crippen molar-refractivity contribution in [3.05, 3.63) is 29.8 Å². The molecule has 0 amide bonds. The first-order chi connectivity index (χ1) is 8.21. The minimum Gasteiger partial charge on any atom is -0.497 e. The Morgan fingerprint density at radius 1 is 1.18 bits per heavy atom. The van der Waals surface area contributed by atoms with E-state index in [1.807, 2.05) is 0 Å². The van der Waals surface area contributed by atoms with Gasteiger partial charge in [0.1, 0.15) is 12.4 Å². The Labute approximate surface area is 100 Å². The van der Waals surface area contributed by atoms with Crippen LogP contribution in [0, 0.1) is 0 Å². The van der Waals surface area contributed by atoms with Crippen molar-refractivity contribution >= 4 is 5.97 Å². The van der Waals surface area contributed by atoms with E-state index in [4.69, 9.17) is 18.9 Å². The number of carbonyl (C=O) groups is 1. The standard InChI is InChI=1S/C12H16O5/c1-14-8-11(16-3)17-12(13)9-4-6-10(15-2)7-5-9/h4-7,11H,8H2,1-3H3/t11-/m0/s1. The lowest BCUT2D eigenvalue weighted by atomic mass is 10.2. The number of rotatable bonds is 6. The van der Waals surface area contributed by atoms with E-state index >= 15 is 0 Å². The highest BCUT2D eigenvalue weighted by molar-refractivity contribution is 5.89. The van der Waals surface area contributed by atoms with Crippen molar-refractivity contribution in [2.24, 2.45) is 0 Å². The summed E-state index contributed by atoms with van der Waals surface area (Å²) in [6.45, 7) is 0.193. The van der Waals surface area contributed by atoms with Gasteiger partial charge in [-0.25, -0.2) is 4.79 Å². The number of hydrogen-bond donors (Lipinski definition) is 0. The summed E-state index contributed by atoms with van der Waals surface area (Å²) in [5, 5.41) is 0. The molecule has 0 saturated carbocycles. The van der Waals surface area contributed by atoms with Gasteiger partial charge in [0, 0.05) is 14.2 Å². The van der Waals surface area contributed by atoms with Crippen LogP contribution in [-0.4, -0.2) is 40.2 Å². The molecular formula is C12H16O5. The zero-order chi connectivity index (χ0) is 12.7. The molecule has 0 unspecified atom stereocenters. The molecule has 0 radical (unpaired) electrons. The van der Waals surface area contributed by atoms with E-state index < -0.39 is 12.3 Å². The van der Waals surface area contributed by atoms with Crippen molar-refractivity contribution in [1.29, 1.82) is 0 Å². The highest BCUT2D eigenvalue weighted by atomic mass is 16.7. The van der Waals surface area contributed by atoms with E-state index in [-0.39, 0.29) is 6.61 Å². The Morgan fingerprint density at radius 2 is 1.82 bits per heavy atom. The molecule has 1 atom stereocenters. The molecule has 0 N–H and O–H groups in total. The van der Waals surface area contributed by atoms with Gasteiger partial charge >= 0.3 is 5.97 Å². The first-order valence-corrected chi connectivity index (χ1v) is 5.08. The minimum atomic E-state index is -0.699. The molecule has 5 heteroatoms. The molecular weight excluding hydrogens is 224 g/mol. The number of hydrogen-bond acceptors (Lipinski definition) is 5. The summed E-state index contributed by atoms with van der Waals surface area (Å²) in [5.41, 5.74) is 0.434. The van der Waals surface area contributed by atoms with Gasteiger partial charge in [-0.1, -0.05) is 0 Å². The summed E-state index contributed by atoms with van der Waals surface area (Å²) in [7, 11) is 4.52.